The molecule has 0 aliphatic carbocycles. The zero-order valence-corrected chi connectivity index (χ0v) is 5.94. The molecule has 1 nitrogen and oxygen atoms in total. The molecule has 0 aliphatic rings. The number of hydrogen-bond donors (Lipinski definition) is 0. The Balaban J connectivity index is 0. The van der Waals surface area contributed by atoms with Gasteiger partial charge in [-0.15, -0.1) is 0 Å². The standard InChI is InChI=1S/C3H6O.Sm/c1-3(2)4;/h1-2H3;. The second-order valence-corrected chi connectivity index (χ2v) is 0.908. The van der Waals surface area contributed by atoms with E-state index in [1.54, 1.807) is 0 Å². The first-order valence-corrected chi connectivity index (χ1v) is 1.20. The molecule has 0 rings (SSSR count). The molecule has 0 radical (unpaired) electrons. The van der Waals surface area contributed by atoms with Crippen molar-refractivity contribution in [2.24, 2.45) is 0 Å². The van der Waals surface area contributed by atoms with Crippen molar-refractivity contribution in [3.8, 4) is 0 Å². The van der Waals surface area contributed by atoms with Crippen LogP contribution in [0.3, 0.4) is 0 Å². The van der Waals surface area contributed by atoms with Gasteiger partial charge in [0.2, 0.25) is 0 Å². The summed E-state index contributed by atoms with van der Waals surface area (Å²) in [5.74, 6) is 0.167. The Morgan fingerprint density at radius 3 is 1.40 bits per heavy atom. The van der Waals surface area contributed by atoms with E-state index >= 15 is 0 Å². The van der Waals surface area contributed by atoms with Crippen LogP contribution in [0.4, 0.5) is 0 Å². The second-order valence-electron chi connectivity index (χ2n) is 0.908. The molecule has 0 bridgehead atoms. The summed E-state index contributed by atoms with van der Waals surface area (Å²) in [6.45, 7) is 3.06. The number of hydrogen-bond acceptors (Lipinski definition) is 1. The van der Waals surface area contributed by atoms with Gasteiger partial charge in [-0.25, -0.2) is 0 Å². The molecule has 5 heavy (non-hydrogen) atoms. The first kappa shape index (κ1) is 9.38. The number of carbonyl (C=O) groups is 1. The van der Waals surface area contributed by atoms with Crippen LogP contribution in [0, 0.1) is 40.4 Å². The Morgan fingerprint density at radius 2 is 1.40 bits per heavy atom. The van der Waals surface area contributed by atoms with E-state index in [0.717, 1.165) is 0 Å². The van der Waals surface area contributed by atoms with Crippen LogP contribution < -0.4 is 0 Å². The molecule has 0 unspecified atom stereocenters. The van der Waals surface area contributed by atoms with Crippen LogP contribution in [0.15, 0.2) is 0 Å². The first-order chi connectivity index (χ1) is 1.73. The van der Waals surface area contributed by atoms with Crippen molar-refractivity contribution in [1.82, 2.24) is 0 Å². The van der Waals surface area contributed by atoms with Gasteiger partial charge in [-0.05, 0) is 13.8 Å². The minimum absolute atomic E-state index is 0. The average Bonchev–Trinajstić information content (AvgIpc) is 0.811. The van der Waals surface area contributed by atoms with Crippen LogP contribution in [-0.2, 0) is 4.79 Å². The summed E-state index contributed by atoms with van der Waals surface area (Å²) in [6.07, 6.45) is 0. The molecule has 0 amide bonds. The van der Waals surface area contributed by atoms with Crippen molar-refractivity contribution >= 4 is 5.78 Å². The molecule has 0 heterocycles. The summed E-state index contributed by atoms with van der Waals surface area (Å²) in [5, 5.41) is 0. The van der Waals surface area contributed by atoms with E-state index in [1.165, 1.54) is 13.8 Å². The number of Topliss-reactive ketones (excluding diaryl/α,β-unsaturated/α-hetero) is 1. The van der Waals surface area contributed by atoms with E-state index in [0.29, 0.717) is 0 Å². The van der Waals surface area contributed by atoms with Crippen molar-refractivity contribution in [1.29, 1.82) is 0 Å². The molecule has 0 aromatic heterocycles. The Bertz CT molecular complexity index is 29.9. The molecule has 0 N–H and O–H groups in total. The van der Waals surface area contributed by atoms with Gasteiger partial charge in [0.05, 0.1) is 0 Å². The second kappa shape index (κ2) is 5.01. The van der Waals surface area contributed by atoms with Crippen LogP contribution in [0.1, 0.15) is 13.8 Å². The third-order valence-corrected chi connectivity index (χ3v) is 0. The molecule has 0 aromatic carbocycles. The summed E-state index contributed by atoms with van der Waals surface area (Å²) < 4.78 is 0. The topological polar surface area (TPSA) is 17.1 Å². The summed E-state index contributed by atoms with van der Waals surface area (Å²) >= 11 is 0. The smallest absolute Gasteiger partial charge is 0.126 e. The van der Waals surface area contributed by atoms with Gasteiger partial charge < -0.3 is 4.79 Å². The van der Waals surface area contributed by atoms with Crippen molar-refractivity contribution < 1.29 is 45.2 Å². The first-order valence-electron chi connectivity index (χ1n) is 1.20. The average molecular weight is 208 g/mol. The fourth-order valence-corrected chi connectivity index (χ4v) is 0. The molecule has 2 heteroatoms. The maximum Gasteiger partial charge on any atom is 0.126 e. The Kier molecular flexibility index (Phi) is 9.39. The normalized spacial score (nSPS) is 5.20. The van der Waals surface area contributed by atoms with Gasteiger partial charge in [0.25, 0.3) is 0 Å². The summed E-state index contributed by atoms with van der Waals surface area (Å²) in [7, 11) is 0. The van der Waals surface area contributed by atoms with Gasteiger partial charge in [0, 0.05) is 40.4 Å². The Morgan fingerprint density at radius 1 is 1.40 bits per heavy atom. The van der Waals surface area contributed by atoms with Gasteiger partial charge in [0.1, 0.15) is 5.78 Å². The molecule has 0 fully saturated rings. The number of carbonyl (C=O) groups excluding carboxylic acids is 1. The van der Waals surface area contributed by atoms with E-state index in [1.807, 2.05) is 0 Å². The van der Waals surface area contributed by atoms with E-state index in [2.05, 4.69) is 0 Å². The minimum Gasteiger partial charge on any atom is -0.300 e. The molecular formula is C3H6OSm. The van der Waals surface area contributed by atoms with Crippen LogP contribution >= 0.6 is 0 Å². The number of rotatable bonds is 0. The molecular weight excluding hydrogens is 202 g/mol. The van der Waals surface area contributed by atoms with Crippen LogP contribution in [0.2, 0.25) is 0 Å². The SMILES string of the molecule is CC(C)=O.[Sm]. The van der Waals surface area contributed by atoms with E-state index in [-0.39, 0.29) is 46.2 Å². The molecule has 0 aliphatic heterocycles. The quantitative estimate of drug-likeness (QED) is 0.570. The third-order valence-electron chi connectivity index (χ3n) is 0. The molecule has 30 valence electrons. The molecule has 0 saturated heterocycles. The van der Waals surface area contributed by atoms with Gasteiger partial charge in [-0.1, -0.05) is 0 Å². The van der Waals surface area contributed by atoms with Crippen LogP contribution in [0.25, 0.3) is 0 Å². The predicted molar refractivity (Wildman–Crippen MR) is 16.4 cm³/mol. The van der Waals surface area contributed by atoms with Crippen molar-refractivity contribution in [2.45, 2.75) is 13.8 Å². The van der Waals surface area contributed by atoms with Crippen molar-refractivity contribution in [3.63, 3.8) is 0 Å². The fraction of sp³-hybridized carbons (Fsp3) is 0.667. The van der Waals surface area contributed by atoms with Gasteiger partial charge in [-0.2, -0.15) is 0 Å². The number of ketones is 1. The van der Waals surface area contributed by atoms with Gasteiger partial charge in [-0.3, -0.25) is 0 Å². The third kappa shape index (κ3) is 44.6. The molecule has 0 aromatic rings. The maximum atomic E-state index is 9.44. The summed E-state index contributed by atoms with van der Waals surface area (Å²) in [4.78, 5) is 9.44. The largest absolute Gasteiger partial charge is 0.300 e. The Hall–Kier alpha value is 1.01. The minimum atomic E-state index is 0. The molecule has 0 saturated carbocycles. The van der Waals surface area contributed by atoms with E-state index < -0.39 is 0 Å². The van der Waals surface area contributed by atoms with E-state index in [4.69, 9.17) is 0 Å². The van der Waals surface area contributed by atoms with Gasteiger partial charge in [0.15, 0.2) is 0 Å². The van der Waals surface area contributed by atoms with Gasteiger partial charge >= 0.3 is 0 Å². The van der Waals surface area contributed by atoms with Crippen molar-refractivity contribution in [3.05, 3.63) is 0 Å². The predicted octanol–water partition coefficient (Wildman–Crippen LogP) is 0.595. The monoisotopic (exact) mass is 210 g/mol. The van der Waals surface area contributed by atoms with Crippen LogP contribution in [0.5, 0.6) is 0 Å². The fourth-order valence-electron chi connectivity index (χ4n) is 0. The molecule has 0 atom stereocenters. The molecule has 0 spiro atoms. The summed E-state index contributed by atoms with van der Waals surface area (Å²) in [6, 6.07) is 0. The van der Waals surface area contributed by atoms with Crippen LogP contribution in [-0.4, -0.2) is 5.78 Å². The zero-order chi connectivity index (χ0) is 3.58. The maximum absolute atomic E-state index is 9.44. The summed E-state index contributed by atoms with van der Waals surface area (Å²) in [5.41, 5.74) is 0. The van der Waals surface area contributed by atoms with E-state index in [9.17, 15) is 4.79 Å². The van der Waals surface area contributed by atoms with Crippen molar-refractivity contribution in [2.75, 3.05) is 0 Å². The zero-order valence-electron chi connectivity index (χ0n) is 3.32. The Labute approximate surface area is 64.2 Å².